The van der Waals surface area contributed by atoms with Crippen molar-refractivity contribution in [2.75, 3.05) is 6.61 Å². The second-order valence-electron chi connectivity index (χ2n) is 1.94. The minimum atomic E-state index is -0.296. The van der Waals surface area contributed by atoms with Crippen LogP contribution in [0.1, 0.15) is 0 Å². The van der Waals surface area contributed by atoms with Crippen molar-refractivity contribution in [2.45, 2.75) is 0 Å². The van der Waals surface area contributed by atoms with Crippen molar-refractivity contribution in [2.24, 2.45) is 5.92 Å². The monoisotopic (exact) mass is 124 g/mol. The molecule has 0 fully saturated rings. The molecule has 0 aliphatic heterocycles. The van der Waals surface area contributed by atoms with Gasteiger partial charge in [0.25, 0.3) is 0 Å². The third kappa shape index (κ3) is 1.27. The Morgan fingerprint density at radius 2 is 2.33 bits per heavy atom. The van der Waals surface area contributed by atoms with Gasteiger partial charge in [-0.2, -0.15) is 0 Å². The first-order valence-corrected chi connectivity index (χ1v) is 2.84. The van der Waals surface area contributed by atoms with Crippen LogP contribution in [0.5, 0.6) is 0 Å². The van der Waals surface area contributed by atoms with Gasteiger partial charge in [0.1, 0.15) is 0 Å². The lowest BCUT2D eigenvalue weighted by atomic mass is 10.0. The van der Waals surface area contributed by atoms with Crippen LogP contribution in [0, 0.1) is 5.92 Å². The first-order chi connectivity index (χ1) is 4.34. The van der Waals surface area contributed by atoms with E-state index >= 15 is 0 Å². The van der Waals surface area contributed by atoms with Gasteiger partial charge < -0.3 is 5.11 Å². The number of ketones is 1. The van der Waals surface area contributed by atoms with E-state index in [0.29, 0.717) is 0 Å². The van der Waals surface area contributed by atoms with E-state index in [1.165, 1.54) is 6.08 Å². The molecule has 0 heterocycles. The molecule has 0 aromatic rings. The summed E-state index contributed by atoms with van der Waals surface area (Å²) in [5.41, 5.74) is 0. The number of hydrogen-bond acceptors (Lipinski definition) is 2. The minimum absolute atomic E-state index is 0.0139. The maximum absolute atomic E-state index is 10.7. The molecule has 1 unspecified atom stereocenters. The van der Waals surface area contributed by atoms with E-state index in [4.69, 9.17) is 5.11 Å². The Labute approximate surface area is 53.5 Å². The molecule has 1 aliphatic carbocycles. The van der Waals surface area contributed by atoms with Crippen molar-refractivity contribution in [1.82, 2.24) is 0 Å². The molecule has 0 bridgehead atoms. The summed E-state index contributed by atoms with van der Waals surface area (Å²) >= 11 is 0. The highest BCUT2D eigenvalue weighted by Gasteiger charge is 2.11. The number of aliphatic hydroxyl groups excluding tert-OH is 1. The molecule has 2 nitrogen and oxygen atoms in total. The van der Waals surface area contributed by atoms with Gasteiger partial charge >= 0.3 is 0 Å². The Hall–Kier alpha value is -0.890. The molecule has 0 radical (unpaired) electrons. The van der Waals surface area contributed by atoms with Crippen molar-refractivity contribution >= 4 is 5.78 Å². The number of allylic oxidation sites excluding steroid dienone is 3. The van der Waals surface area contributed by atoms with Crippen LogP contribution in [0.2, 0.25) is 0 Å². The molecule has 0 aromatic heterocycles. The predicted octanol–water partition coefficient (Wildman–Crippen LogP) is 0.290. The van der Waals surface area contributed by atoms with Crippen LogP contribution in [0.3, 0.4) is 0 Å². The Morgan fingerprint density at radius 3 is 2.78 bits per heavy atom. The zero-order valence-electron chi connectivity index (χ0n) is 4.95. The van der Waals surface area contributed by atoms with Gasteiger partial charge in [0.2, 0.25) is 0 Å². The summed E-state index contributed by atoms with van der Waals surface area (Å²) in [4.78, 5) is 10.7. The molecule has 1 rings (SSSR count). The summed E-state index contributed by atoms with van der Waals surface area (Å²) in [7, 11) is 0. The predicted molar refractivity (Wildman–Crippen MR) is 33.9 cm³/mol. The Balaban J connectivity index is 2.66. The fraction of sp³-hybridized carbons (Fsp3) is 0.286. The van der Waals surface area contributed by atoms with Crippen LogP contribution in [0.25, 0.3) is 0 Å². The summed E-state index contributed by atoms with van der Waals surface area (Å²) in [6.07, 6.45) is 6.61. The summed E-state index contributed by atoms with van der Waals surface area (Å²) in [6, 6.07) is 0. The number of aliphatic hydroxyl groups is 1. The Kier molecular flexibility index (Phi) is 1.80. The lowest BCUT2D eigenvalue weighted by molar-refractivity contribution is -0.117. The Morgan fingerprint density at radius 1 is 1.56 bits per heavy atom. The standard InChI is InChI=1S/C7H8O2/c8-5-6-3-1-2-4-7(6)9/h1-4,6,8H,5H2. The summed E-state index contributed by atoms with van der Waals surface area (Å²) in [6.45, 7) is -0.0837. The van der Waals surface area contributed by atoms with Gasteiger partial charge in [-0.1, -0.05) is 18.2 Å². The number of hydrogen-bond donors (Lipinski definition) is 1. The molecule has 48 valence electrons. The van der Waals surface area contributed by atoms with Crippen molar-refractivity contribution < 1.29 is 9.90 Å². The molecular weight excluding hydrogens is 116 g/mol. The molecule has 1 aliphatic rings. The van der Waals surface area contributed by atoms with Gasteiger partial charge in [-0.25, -0.2) is 0 Å². The van der Waals surface area contributed by atoms with E-state index in [-0.39, 0.29) is 18.3 Å². The van der Waals surface area contributed by atoms with Gasteiger partial charge in [-0.15, -0.1) is 0 Å². The maximum Gasteiger partial charge on any atom is 0.164 e. The first-order valence-electron chi connectivity index (χ1n) is 2.84. The Bertz CT molecular complexity index is 168. The fourth-order valence-corrected chi connectivity index (χ4v) is 0.718. The van der Waals surface area contributed by atoms with E-state index in [1.807, 2.05) is 0 Å². The number of carbonyl (C=O) groups is 1. The molecule has 2 heteroatoms. The molecule has 0 aromatic carbocycles. The molecular formula is C7H8O2. The van der Waals surface area contributed by atoms with Crippen molar-refractivity contribution in [3.63, 3.8) is 0 Å². The van der Waals surface area contributed by atoms with Crippen LogP contribution >= 0.6 is 0 Å². The van der Waals surface area contributed by atoms with Crippen LogP contribution < -0.4 is 0 Å². The molecule has 1 N–H and O–H groups in total. The zero-order chi connectivity index (χ0) is 6.69. The molecule has 0 spiro atoms. The van der Waals surface area contributed by atoms with Crippen molar-refractivity contribution in [3.05, 3.63) is 24.3 Å². The van der Waals surface area contributed by atoms with Crippen LogP contribution in [0.15, 0.2) is 24.3 Å². The lowest BCUT2D eigenvalue weighted by Crippen LogP contribution is -2.15. The van der Waals surface area contributed by atoms with Gasteiger partial charge in [0.05, 0.1) is 12.5 Å². The van der Waals surface area contributed by atoms with E-state index in [9.17, 15) is 4.79 Å². The van der Waals surface area contributed by atoms with Crippen LogP contribution in [0.4, 0.5) is 0 Å². The topological polar surface area (TPSA) is 37.3 Å². The maximum atomic E-state index is 10.7. The highest BCUT2D eigenvalue weighted by Crippen LogP contribution is 2.05. The van der Waals surface area contributed by atoms with Gasteiger partial charge in [-0.05, 0) is 6.08 Å². The first kappa shape index (κ1) is 6.23. The quantitative estimate of drug-likeness (QED) is 0.545. The smallest absolute Gasteiger partial charge is 0.164 e. The van der Waals surface area contributed by atoms with E-state index < -0.39 is 0 Å². The SMILES string of the molecule is O=C1C=CC=CC1CO. The third-order valence-electron chi connectivity index (χ3n) is 1.28. The molecule has 0 amide bonds. The number of rotatable bonds is 1. The van der Waals surface area contributed by atoms with E-state index in [2.05, 4.69) is 0 Å². The summed E-state index contributed by atoms with van der Waals surface area (Å²) < 4.78 is 0. The van der Waals surface area contributed by atoms with Crippen molar-refractivity contribution in [1.29, 1.82) is 0 Å². The fourth-order valence-electron chi connectivity index (χ4n) is 0.718. The second-order valence-corrected chi connectivity index (χ2v) is 1.94. The van der Waals surface area contributed by atoms with Gasteiger partial charge in [0.15, 0.2) is 5.78 Å². The summed E-state index contributed by atoms with van der Waals surface area (Å²) in [5.74, 6) is -0.310. The van der Waals surface area contributed by atoms with Gasteiger partial charge in [0, 0.05) is 0 Å². The number of carbonyl (C=O) groups excluding carboxylic acids is 1. The largest absolute Gasteiger partial charge is 0.395 e. The molecule has 9 heavy (non-hydrogen) atoms. The lowest BCUT2D eigenvalue weighted by Gasteiger charge is -2.05. The molecule has 0 saturated heterocycles. The molecule has 0 saturated carbocycles. The van der Waals surface area contributed by atoms with Crippen LogP contribution in [-0.4, -0.2) is 17.5 Å². The van der Waals surface area contributed by atoms with Crippen LogP contribution in [-0.2, 0) is 4.79 Å². The average molecular weight is 124 g/mol. The van der Waals surface area contributed by atoms with Crippen molar-refractivity contribution in [3.8, 4) is 0 Å². The third-order valence-corrected chi connectivity index (χ3v) is 1.28. The normalized spacial score (nSPS) is 25.0. The minimum Gasteiger partial charge on any atom is -0.395 e. The zero-order valence-corrected chi connectivity index (χ0v) is 4.95. The van der Waals surface area contributed by atoms with E-state index in [1.54, 1.807) is 18.2 Å². The van der Waals surface area contributed by atoms with E-state index in [0.717, 1.165) is 0 Å². The second kappa shape index (κ2) is 2.60. The average Bonchev–Trinajstić information content (AvgIpc) is 1.89. The van der Waals surface area contributed by atoms with Gasteiger partial charge in [-0.3, -0.25) is 4.79 Å². The summed E-state index contributed by atoms with van der Waals surface area (Å²) in [5, 5.41) is 8.56. The molecule has 1 atom stereocenters. The highest BCUT2D eigenvalue weighted by atomic mass is 16.3. The highest BCUT2D eigenvalue weighted by molar-refractivity contribution is 5.94.